The summed E-state index contributed by atoms with van der Waals surface area (Å²) in [7, 11) is 0. The third kappa shape index (κ3) is 3.57. The van der Waals surface area contributed by atoms with Gasteiger partial charge in [0.2, 0.25) is 0 Å². The SMILES string of the molecule is Cc1cccc(Sc2c(Cl)cccc2CNC2CC2)c1. The lowest BCUT2D eigenvalue weighted by molar-refractivity contribution is 0.680. The molecule has 0 spiro atoms. The molecular formula is C17H18ClNS. The minimum Gasteiger partial charge on any atom is -0.310 e. The molecular weight excluding hydrogens is 286 g/mol. The number of hydrogen-bond acceptors (Lipinski definition) is 2. The fraction of sp³-hybridized carbons (Fsp3) is 0.294. The van der Waals surface area contributed by atoms with Gasteiger partial charge in [-0.3, -0.25) is 0 Å². The number of halogens is 1. The topological polar surface area (TPSA) is 12.0 Å². The van der Waals surface area contributed by atoms with E-state index in [0.29, 0.717) is 6.04 Å². The molecule has 0 aromatic heterocycles. The molecule has 0 atom stereocenters. The summed E-state index contributed by atoms with van der Waals surface area (Å²) in [6.45, 7) is 3.02. The summed E-state index contributed by atoms with van der Waals surface area (Å²) < 4.78 is 0. The van der Waals surface area contributed by atoms with Gasteiger partial charge in [0.05, 0.1) is 5.02 Å². The van der Waals surface area contributed by atoms with Crippen molar-refractivity contribution in [2.45, 2.75) is 42.1 Å². The summed E-state index contributed by atoms with van der Waals surface area (Å²) in [6, 6.07) is 15.4. The first-order valence-corrected chi connectivity index (χ1v) is 8.17. The Morgan fingerprint density at radius 3 is 2.75 bits per heavy atom. The first kappa shape index (κ1) is 14.0. The lowest BCUT2D eigenvalue weighted by atomic mass is 10.2. The average Bonchev–Trinajstić information content (AvgIpc) is 3.24. The predicted molar refractivity (Wildman–Crippen MR) is 86.6 cm³/mol. The molecule has 1 fully saturated rings. The largest absolute Gasteiger partial charge is 0.310 e. The van der Waals surface area contributed by atoms with E-state index in [1.165, 1.54) is 33.8 Å². The molecule has 0 radical (unpaired) electrons. The van der Waals surface area contributed by atoms with Crippen LogP contribution in [0.2, 0.25) is 5.02 Å². The van der Waals surface area contributed by atoms with Gasteiger partial charge in [-0.1, -0.05) is 53.2 Å². The molecule has 2 aromatic carbocycles. The summed E-state index contributed by atoms with van der Waals surface area (Å²) >= 11 is 8.16. The maximum Gasteiger partial charge on any atom is 0.0548 e. The van der Waals surface area contributed by atoms with Crippen molar-refractivity contribution >= 4 is 23.4 Å². The van der Waals surface area contributed by atoms with E-state index in [4.69, 9.17) is 11.6 Å². The van der Waals surface area contributed by atoms with Gasteiger partial charge in [-0.15, -0.1) is 0 Å². The average molecular weight is 304 g/mol. The molecule has 1 saturated carbocycles. The first-order valence-electron chi connectivity index (χ1n) is 6.97. The quantitative estimate of drug-likeness (QED) is 0.829. The highest BCUT2D eigenvalue weighted by Crippen LogP contribution is 2.36. The Morgan fingerprint density at radius 1 is 1.20 bits per heavy atom. The van der Waals surface area contributed by atoms with E-state index >= 15 is 0 Å². The fourth-order valence-corrected chi connectivity index (χ4v) is 3.52. The highest BCUT2D eigenvalue weighted by atomic mass is 35.5. The second kappa shape index (κ2) is 6.21. The number of benzene rings is 2. The van der Waals surface area contributed by atoms with Gasteiger partial charge in [-0.2, -0.15) is 0 Å². The molecule has 1 aliphatic rings. The number of aryl methyl sites for hydroxylation is 1. The van der Waals surface area contributed by atoms with Crippen LogP contribution in [0.1, 0.15) is 24.0 Å². The van der Waals surface area contributed by atoms with Gasteiger partial charge in [0.1, 0.15) is 0 Å². The van der Waals surface area contributed by atoms with Crippen LogP contribution in [0.25, 0.3) is 0 Å². The van der Waals surface area contributed by atoms with Gasteiger partial charge in [-0.05, 0) is 43.5 Å². The highest BCUT2D eigenvalue weighted by molar-refractivity contribution is 7.99. The molecule has 1 nitrogen and oxygen atoms in total. The van der Waals surface area contributed by atoms with Gasteiger partial charge < -0.3 is 5.32 Å². The van der Waals surface area contributed by atoms with Crippen LogP contribution < -0.4 is 5.32 Å². The zero-order valence-electron chi connectivity index (χ0n) is 11.5. The zero-order valence-corrected chi connectivity index (χ0v) is 13.1. The van der Waals surface area contributed by atoms with Crippen LogP contribution in [-0.2, 0) is 6.54 Å². The molecule has 0 bridgehead atoms. The van der Waals surface area contributed by atoms with Crippen molar-refractivity contribution < 1.29 is 0 Å². The molecule has 1 aliphatic carbocycles. The molecule has 0 unspecified atom stereocenters. The molecule has 3 rings (SSSR count). The van der Waals surface area contributed by atoms with Crippen LogP contribution in [0, 0.1) is 6.92 Å². The molecule has 0 heterocycles. The Balaban J connectivity index is 1.82. The van der Waals surface area contributed by atoms with E-state index in [0.717, 1.165) is 11.6 Å². The third-order valence-corrected chi connectivity index (χ3v) is 5.02. The van der Waals surface area contributed by atoms with Gasteiger partial charge in [-0.25, -0.2) is 0 Å². The smallest absolute Gasteiger partial charge is 0.0548 e. The van der Waals surface area contributed by atoms with Crippen LogP contribution in [0.5, 0.6) is 0 Å². The van der Waals surface area contributed by atoms with Crippen molar-refractivity contribution in [3.8, 4) is 0 Å². The molecule has 0 aliphatic heterocycles. The molecule has 0 amide bonds. The second-order valence-corrected chi connectivity index (χ2v) is 6.79. The van der Waals surface area contributed by atoms with E-state index in [-0.39, 0.29) is 0 Å². The zero-order chi connectivity index (χ0) is 13.9. The van der Waals surface area contributed by atoms with Crippen LogP contribution in [0.15, 0.2) is 52.3 Å². The summed E-state index contributed by atoms with van der Waals surface area (Å²) in [6.07, 6.45) is 2.61. The Kier molecular flexibility index (Phi) is 4.35. The molecule has 0 saturated heterocycles. The number of hydrogen-bond donors (Lipinski definition) is 1. The predicted octanol–water partition coefficient (Wildman–Crippen LogP) is 5.05. The highest BCUT2D eigenvalue weighted by Gasteiger charge is 2.20. The van der Waals surface area contributed by atoms with E-state index in [9.17, 15) is 0 Å². The maximum atomic E-state index is 6.40. The Bertz CT molecular complexity index is 608. The van der Waals surface area contributed by atoms with E-state index in [1.54, 1.807) is 11.8 Å². The third-order valence-electron chi connectivity index (χ3n) is 3.42. The molecule has 3 heteroatoms. The molecule has 104 valence electrons. The van der Waals surface area contributed by atoms with Crippen molar-refractivity contribution in [3.63, 3.8) is 0 Å². The van der Waals surface area contributed by atoms with Crippen molar-refractivity contribution in [2.24, 2.45) is 0 Å². The molecule has 1 N–H and O–H groups in total. The summed E-state index contributed by atoms with van der Waals surface area (Å²) in [5.74, 6) is 0. The van der Waals surface area contributed by atoms with Crippen molar-refractivity contribution in [2.75, 3.05) is 0 Å². The number of nitrogens with one attached hydrogen (secondary N) is 1. The van der Waals surface area contributed by atoms with Gasteiger partial charge >= 0.3 is 0 Å². The van der Waals surface area contributed by atoms with Gasteiger partial charge in [0.15, 0.2) is 0 Å². The summed E-state index contributed by atoms with van der Waals surface area (Å²) in [5, 5.41) is 4.41. The maximum absolute atomic E-state index is 6.40. The van der Waals surface area contributed by atoms with Crippen LogP contribution in [-0.4, -0.2) is 6.04 Å². The van der Waals surface area contributed by atoms with Crippen molar-refractivity contribution in [1.82, 2.24) is 5.32 Å². The Labute approximate surface area is 129 Å². The molecule has 20 heavy (non-hydrogen) atoms. The standard InChI is InChI=1S/C17H18ClNS/c1-12-4-2-6-15(10-12)20-17-13(5-3-7-16(17)18)11-19-14-8-9-14/h2-7,10,14,19H,8-9,11H2,1H3. The first-order chi connectivity index (χ1) is 9.72. The Hall–Kier alpha value is -0.960. The second-order valence-electron chi connectivity index (χ2n) is 5.30. The van der Waals surface area contributed by atoms with E-state index in [1.807, 2.05) is 12.1 Å². The van der Waals surface area contributed by atoms with E-state index < -0.39 is 0 Å². The fourth-order valence-electron chi connectivity index (χ4n) is 2.15. The minimum absolute atomic E-state index is 0.714. The normalized spacial score (nSPS) is 14.5. The number of rotatable bonds is 5. The van der Waals surface area contributed by atoms with Gasteiger partial charge in [0.25, 0.3) is 0 Å². The summed E-state index contributed by atoms with van der Waals surface area (Å²) in [5.41, 5.74) is 2.57. The summed E-state index contributed by atoms with van der Waals surface area (Å²) in [4.78, 5) is 2.42. The monoisotopic (exact) mass is 303 g/mol. The lowest BCUT2D eigenvalue weighted by Gasteiger charge is -2.12. The van der Waals surface area contributed by atoms with Crippen LogP contribution in [0.4, 0.5) is 0 Å². The van der Waals surface area contributed by atoms with Crippen molar-refractivity contribution in [3.05, 3.63) is 58.6 Å². The molecule has 2 aromatic rings. The minimum atomic E-state index is 0.714. The van der Waals surface area contributed by atoms with Gasteiger partial charge in [0, 0.05) is 22.4 Å². The Morgan fingerprint density at radius 2 is 2.00 bits per heavy atom. The van der Waals surface area contributed by atoms with Crippen molar-refractivity contribution in [1.29, 1.82) is 0 Å². The van der Waals surface area contributed by atoms with E-state index in [2.05, 4.69) is 42.6 Å². The van der Waals surface area contributed by atoms with Crippen LogP contribution in [0.3, 0.4) is 0 Å². The van der Waals surface area contributed by atoms with Crippen LogP contribution >= 0.6 is 23.4 Å². The lowest BCUT2D eigenvalue weighted by Crippen LogP contribution is -2.15.